The monoisotopic (exact) mass is 319 g/mol. The molecule has 0 aromatic carbocycles. The minimum absolute atomic E-state index is 0.115. The molecular weight excluding hydrogens is 298 g/mol. The van der Waals surface area contributed by atoms with Crippen LogP contribution < -0.4 is 0 Å². The summed E-state index contributed by atoms with van der Waals surface area (Å²) in [6, 6.07) is 1.50. The first kappa shape index (κ1) is 15.7. The van der Waals surface area contributed by atoms with Crippen molar-refractivity contribution in [2.75, 3.05) is 39.9 Å². The molecular formula is C16H21N3O4. The highest BCUT2D eigenvalue weighted by Crippen LogP contribution is 2.41. The molecule has 124 valence electrons. The van der Waals surface area contributed by atoms with Gasteiger partial charge in [0.25, 0.3) is 5.91 Å². The molecule has 1 aromatic heterocycles. The van der Waals surface area contributed by atoms with Gasteiger partial charge in [-0.2, -0.15) is 0 Å². The second-order valence-corrected chi connectivity index (χ2v) is 6.18. The summed E-state index contributed by atoms with van der Waals surface area (Å²) >= 11 is 0. The lowest BCUT2D eigenvalue weighted by atomic mass is 9.85. The first-order chi connectivity index (χ1) is 11.1. The van der Waals surface area contributed by atoms with Gasteiger partial charge in [0.1, 0.15) is 5.75 Å². The van der Waals surface area contributed by atoms with Crippen molar-refractivity contribution in [2.24, 2.45) is 5.41 Å². The van der Waals surface area contributed by atoms with Crippen LogP contribution in [0.3, 0.4) is 0 Å². The van der Waals surface area contributed by atoms with E-state index in [-0.39, 0.29) is 23.1 Å². The van der Waals surface area contributed by atoms with E-state index in [9.17, 15) is 14.7 Å². The average molecular weight is 319 g/mol. The molecule has 0 aliphatic carbocycles. The van der Waals surface area contributed by atoms with Crippen molar-refractivity contribution >= 4 is 11.8 Å². The normalized spacial score (nSPS) is 24.0. The molecule has 2 aliphatic heterocycles. The van der Waals surface area contributed by atoms with E-state index < -0.39 is 5.41 Å². The zero-order valence-corrected chi connectivity index (χ0v) is 13.2. The number of carbonyl (C=O) groups excluding carboxylic acids is 2. The number of amides is 2. The Morgan fingerprint density at radius 3 is 2.96 bits per heavy atom. The highest BCUT2D eigenvalue weighted by atomic mass is 16.5. The SMILES string of the molecule is COCCN1CCC2(CCN(C(=O)c3ccncc3O)C2)C1=O. The van der Waals surface area contributed by atoms with Crippen LogP contribution in [0.25, 0.3) is 0 Å². The lowest BCUT2D eigenvalue weighted by molar-refractivity contribution is -0.135. The summed E-state index contributed by atoms with van der Waals surface area (Å²) in [7, 11) is 1.62. The second kappa shape index (κ2) is 6.16. The molecule has 7 nitrogen and oxygen atoms in total. The van der Waals surface area contributed by atoms with Crippen molar-refractivity contribution in [3.63, 3.8) is 0 Å². The highest BCUT2D eigenvalue weighted by Gasteiger charge is 2.51. The summed E-state index contributed by atoms with van der Waals surface area (Å²) in [5, 5.41) is 9.79. The van der Waals surface area contributed by atoms with E-state index in [1.807, 2.05) is 4.90 Å². The fraction of sp³-hybridized carbons (Fsp3) is 0.562. The van der Waals surface area contributed by atoms with Crippen molar-refractivity contribution in [3.05, 3.63) is 24.0 Å². The van der Waals surface area contributed by atoms with Gasteiger partial charge in [0.05, 0.1) is 23.8 Å². The van der Waals surface area contributed by atoms with Crippen molar-refractivity contribution in [1.29, 1.82) is 0 Å². The number of hydrogen-bond donors (Lipinski definition) is 1. The summed E-state index contributed by atoms with van der Waals surface area (Å²) in [6.07, 6.45) is 4.17. The van der Waals surface area contributed by atoms with E-state index in [0.717, 1.165) is 6.42 Å². The number of likely N-dealkylation sites (tertiary alicyclic amines) is 2. The summed E-state index contributed by atoms with van der Waals surface area (Å²) in [5.41, 5.74) is -0.231. The Morgan fingerprint density at radius 1 is 1.43 bits per heavy atom. The van der Waals surface area contributed by atoms with Crippen molar-refractivity contribution in [2.45, 2.75) is 12.8 Å². The predicted octanol–water partition coefficient (Wildman–Crippen LogP) is 0.498. The van der Waals surface area contributed by atoms with Crippen LogP contribution in [0.5, 0.6) is 5.75 Å². The number of ether oxygens (including phenoxy) is 1. The maximum atomic E-state index is 12.7. The van der Waals surface area contributed by atoms with Gasteiger partial charge in [-0.1, -0.05) is 0 Å². The van der Waals surface area contributed by atoms with Crippen LogP contribution in [-0.2, 0) is 9.53 Å². The number of rotatable bonds is 4. The average Bonchev–Trinajstić information content (AvgIpc) is 3.12. The fourth-order valence-electron chi connectivity index (χ4n) is 3.47. The van der Waals surface area contributed by atoms with Crippen LogP contribution in [-0.4, -0.2) is 71.6 Å². The van der Waals surface area contributed by atoms with E-state index in [1.54, 1.807) is 12.0 Å². The zero-order chi connectivity index (χ0) is 16.4. The maximum Gasteiger partial charge on any atom is 0.257 e. The largest absolute Gasteiger partial charge is 0.505 e. The molecule has 0 bridgehead atoms. The topological polar surface area (TPSA) is 83.0 Å². The number of nitrogens with zero attached hydrogens (tertiary/aromatic N) is 3. The first-order valence-corrected chi connectivity index (χ1v) is 7.78. The van der Waals surface area contributed by atoms with Gasteiger partial charge in [0, 0.05) is 39.5 Å². The van der Waals surface area contributed by atoms with Gasteiger partial charge in [-0.05, 0) is 18.9 Å². The van der Waals surface area contributed by atoms with Gasteiger partial charge in [0.15, 0.2) is 0 Å². The number of aromatic nitrogens is 1. The van der Waals surface area contributed by atoms with Gasteiger partial charge in [-0.15, -0.1) is 0 Å². The molecule has 1 aromatic rings. The Bertz CT molecular complexity index is 621. The zero-order valence-electron chi connectivity index (χ0n) is 13.2. The Hall–Kier alpha value is -2.15. The van der Waals surface area contributed by atoms with E-state index in [1.165, 1.54) is 18.5 Å². The van der Waals surface area contributed by atoms with Crippen LogP contribution in [0.4, 0.5) is 0 Å². The predicted molar refractivity (Wildman–Crippen MR) is 81.9 cm³/mol. The minimum Gasteiger partial charge on any atom is -0.505 e. The summed E-state index contributed by atoms with van der Waals surface area (Å²) < 4.78 is 5.04. The van der Waals surface area contributed by atoms with E-state index in [0.29, 0.717) is 39.2 Å². The van der Waals surface area contributed by atoms with Crippen LogP contribution in [0.15, 0.2) is 18.5 Å². The summed E-state index contributed by atoms with van der Waals surface area (Å²) in [5.74, 6) is -0.258. The third kappa shape index (κ3) is 2.76. The molecule has 1 unspecified atom stereocenters. The lowest BCUT2D eigenvalue weighted by Crippen LogP contribution is -2.39. The molecule has 1 N–H and O–H groups in total. The number of carbonyl (C=O) groups is 2. The van der Waals surface area contributed by atoms with Crippen LogP contribution in [0, 0.1) is 5.41 Å². The Kier molecular flexibility index (Phi) is 4.21. The van der Waals surface area contributed by atoms with E-state index in [4.69, 9.17) is 4.74 Å². The number of hydrogen-bond acceptors (Lipinski definition) is 5. The van der Waals surface area contributed by atoms with Crippen molar-refractivity contribution in [1.82, 2.24) is 14.8 Å². The van der Waals surface area contributed by atoms with Gasteiger partial charge in [-0.3, -0.25) is 14.6 Å². The quantitative estimate of drug-likeness (QED) is 0.874. The molecule has 2 amide bonds. The molecule has 2 saturated heterocycles. The molecule has 0 radical (unpaired) electrons. The molecule has 3 rings (SSSR count). The smallest absolute Gasteiger partial charge is 0.257 e. The minimum atomic E-state index is -0.466. The van der Waals surface area contributed by atoms with Gasteiger partial charge < -0.3 is 19.6 Å². The first-order valence-electron chi connectivity index (χ1n) is 7.78. The van der Waals surface area contributed by atoms with Crippen LogP contribution >= 0.6 is 0 Å². The van der Waals surface area contributed by atoms with Gasteiger partial charge >= 0.3 is 0 Å². The Morgan fingerprint density at radius 2 is 2.22 bits per heavy atom. The Balaban J connectivity index is 1.70. The van der Waals surface area contributed by atoms with Crippen LogP contribution in [0.2, 0.25) is 0 Å². The number of methoxy groups -OCH3 is 1. The summed E-state index contributed by atoms with van der Waals surface area (Å²) in [6.45, 7) is 2.77. The highest BCUT2D eigenvalue weighted by molar-refractivity contribution is 5.97. The Labute approximate surface area is 134 Å². The molecule has 1 atom stereocenters. The molecule has 2 fully saturated rings. The van der Waals surface area contributed by atoms with E-state index >= 15 is 0 Å². The molecule has 2 aliphatic rings. The molecule has 1 spiro atoms. The molecule has 3 heterocycles. The molecule has 0 saturated carbocycles. The van der Waals surface area contributed by atoms with E-state index in [2.05, 4.69) is 4.98 Å². The van der Waals surface area contributed by atoms with Gasteiger partial charge in [0.2, 0.25) is 5.91 Å². The van der Waals surface area contributed by atoms with Gasteiger partial charge in [-0.25, -0.2) is 0 Å². The second-order valence-electron chi connectivity index (χ2n) is 6.18. The number of aromatic hydroxyl groups is 1. The third-order valence-electron chi connectivity index (χ3n) is 4.84. The standard InChI is InChI=1S/C16H21N3O4/c1-23-9-8-18-6-3-16(15(18)22)4-7-19(11-16)14(21)12-2-5-17-10-13(12)20/h2,5,10,20H,3-4,6-9,11H2,1H3. The maximum absolute atomic E-state index is 12.7. The van der Waals surface area contributed by atoms with Crippen molar-refractivity contribution in [3.8, 4) is 5.75 Å². The molecule has 7 heteroatoms. The fourth-order valence-corrected chi connectivity index (χ4v) is 3.47. The lowest BCUT2D eigenvalue weighted by Gasteiger charge is -2.23. The third-order valence-corrected chi connectivity index (χ3v) is 4.84. The number of pyridine rings is 1. The van der Waals surface area contributed by atoms with Crippen LogP contribution in [0.1, 0.15) is 23.2 Å². The van der Waals surface area contributed by atoms with Crippen molar-refractivity contribution < 1.29 is 19.4 Å². The summed E-state index contributed by atoms with van der Waals surface area (Å²) in [4.78, 5) is 32.5. The molecule has 23 heavy (non-hydrogen) atoms.